The van der Waals surface area contributed by atoms with Crippen LogP contribution in [0.4, 0.5) is 0 Å². The van der Waals surface area contributed by atoms with Gasteiger partial charge in [-0.2, -0.15) is 0 Å². The van der Waals surface area contributed by atoms with E-state index >= 15 is 0 Å². The highest BCUT2D eigenvalue weighted by atomic mass is 32.1. The van der Waals surface area contributed by atoms with Crippen molar-refractivity contribution in [1.82, 2.24) is 14.8 Å². The molecule has 2 amide bonds. The van der Waals surface area contributed by atoms with E-state index in [2.05, 4.69) is 0 Å². The lowest BCUT2D eigenvalue weighted by atomic mass is 10.0. The standard InChI is InChI=1S/C27H25N3O3S/c1-18-9-10-19(16-24(18)33-2)26(31)29-11-13-30(14-12-29)27(32)21-17-23(25-8-5-15-34-25)28-22-7-4-3-6-20(21)22/h3-10,15-17H,11-14H2,1-2H3. The molecule has 1 saturated heterocycles. The van der Waals surface area contributed by atoms with Crippen molar-refractivity contribution in [2.24, 2.45) is 0 Å². The minimum atomic E-state index is -0.0419. The number of pyridine rings is 1. The third-order valence-electron chi connectivity index (χ3n) is 6.23. The van der Waals surface area contributed by atoms with Gasteiger partial charge in [0.25, 0.3) is 11.8 Å². The first-order chi connectivity index (χ1) is 16.5. The van der Waals surface area contributed by atoms with E-state index in [1.54, 1.807) is 29.4 Å². The predicted molar refractivity (Wildman–Crippen MR) is 135 cm³/mol. The molecule has 0 bridgehead atoms. The summed E-state index contributed by atoms with van der Waals surface area (Å²) in [5.74, 6) is 0.631. The average Bonchev–Trinajstić information content (AvgIpc) is 3.43. The number of nitrogens with zero attached hydrogens (tertiary/aromatic N) is 3. The lowest BCUT2D eigenvalue weighted by Crippen LogP contribution is -2.50. The van der Waals surface area contributed by atoms with E-state index in [4.69, 9.17) is 9.72 Å². The van der Waals surface area contributed by atoms with E-state index in [1.165, 1.54) is 0 Å². The van der Waals surface area contributed by atoms with Gasteiger partial charge in [-0.1, -0.05) is 30.3 Å². The maximum atomic E-state index is 13.6. The van der Waals surface area contributed by atoms with Gasteiger partial charge in [-0.15, -0.1) is 11.3 Å². The lowest BCUT2D eigenvalue weighted by molar-refractivity contribution is 0.0536. The zero-order valence-electron chi connectivity index (χ0n) is 19.2. The number of hydrogen-bond donors (Lipinski definition) is 0. The van der Waals surface area contributed by atoms with Gasteiger partial charge in [-0.25, -0.2) is 4.98 Å². The summed E-state index contributed by atoms with van der Waals surface area (Å²) in [4.78, 5) is 36.1. The summed E-state index contributed by atoms with van der Waals surface area (Å²) in [5.41, 5.74) is 3.85. The van der Waals surface area contributed by atoms with Gasteiger partial charge >= 0.3 is 0 Å². The number of amides is 2. The van der Waals surface area contributed by atoms with Crippen LogP contribution < -0.4 is 4.74 Å². The molecule has 0 saturated carbocycles. The smallest absolute Gasteiger partial charge is 0.254 e. The van der Waals surface area contributed by atoms with Crippen molar-refractivity contribution in [3.8, 4) is 16.3 Å². The molecule has 2 aromatic carbocycles. The number of para-hydroxylation sites is 1. The number of carbonyl (C=O) groups is 2. The number of benzene rings is 2. The van der Waals surface area contributed by atoms with Crippen LogP contribution in [0.5, 0.6) is 5.75 Å². The Kier molecular flexibility index (Phi) is 6.02. The Morgan fingerprint density at radius 3 is 2.35 bits per heavy atom. The van der Waals surface area contributed by atoms with E-state index in [1.807, 2.05) is 71.8 Å². The van der Waals surface area contributed by atoms with Crippen LogP contribution in [0.2, 0.25) is 0 Å². The van der Waals surface area contributed by atoms with Crippen molar-refractivity contribution >= 4 is 34.1 Å². The van der Waals surface area contributed by atoms with Crippen LogP contribution in [0.15, 0.2) is 66.0 Å². The Labute approximate surface area is 202 Å². The number of hydrogen-bond acceptors (Lipinski definition) is 5. The molecule has 7 heteroatoms. The van der Waals surface area contributed by atoms with Crippen LogP contribution >= 0.6 is 11.3 Å². The minimum Gasteiger partial charge on any atom is -0.496 e. The molecule has 0 spiro atoms. The maximum Gasteiger partial charge on any atom is 0.254 e. The van der Waals surface area contributed by atoms with Gasteiger partial charge in [0, 0.05) is 37.1 Å². The van der Waals surface area contributed by atoms with Gasteiger partial charge in [0.1, 0.15) is 5.75 Å². The van der Waals surface area contributed by atoms with Crippen molar-refractivity contribution in [3.05, 3.63) is 82.7 Å². The fourth-order valence-corrected chi connectivity index (χ4v) is 5.01. The van der Waals surface area contributed by atoms with E-state index in [0.29, 0.717) is 43.1 Å². The highest BCUT2D eigenvalue weighted by molar-refractivity contribution is 7.13. The van der Waals surface area contributed by atoms with Crippen LogP contribution in [0.1, 0.15) is 26.3 Å². The first-order valence-electron chi connectivity index (χ1n) is 11.2. The molecular weight excluding hydrogens is 446 g/mol. The number of aromatic nitrogens is 1. The van der Waals surface area contributed by atoms with Crippen molar-refractivity contribution in [2.75, 3.05) is 33.3 Å². The Hall–Kier alpha value is -3.71. The van der Waals surface area contributed by atoms with Crippen LogP contribution in [0, 0.1) is 6.92 Å². The second-order valence-electron chi connectivity index (χ2n) is 8.32. The molecule has 5 rings (SSSR count). The third kappa shape index (κ3) is 4.15. The molecule has 172 valence electrons. The number of aryl methyl sites for hydroxylation is 1. The highest BCUT2D eigenvalue weighted by Crippen LogP contribution is 2.29. The number of thiophene rings is 1. The second-order valence-corrected chi connectivity index (χ2v) is 9.27. The number of methoxy groups -OCH3 is 1. The lowest BCUT2D eigenvalue weighted by Gasteiger charge is -2.35. The summed E-state index contributed by atoms with van der Waals surface area (Å²) in [6, 6.07) is 19.1. The average molecular weight is 472 g/mol. The van der Waals surface area contributed by atoms with E-state index in [0.717, 1.165) is 27.0 Å². The summed E-state index contributed by atoms with van der Waals surface area (Å²) in [6.45, 7) is 3.89. The number of fused-ring (bicyclic) bond motifs is 1. The molecule has 6 nitrogen and oxygen atoms in total. The van der Waals surface area contributed by atoms with Crippen LogP contribution in [-0.4, -0.2) is 59.9 Å². The Morgan fingerprint density at radius 2 is 1.65 bits per heavy atom. The minimum absolute atomic E-state index is 0.0273. The number of carbonyl (C=O) groups excluding carboxylic acids is 2. The summed E-state index contributed by atoms with van der Waals surface area (Å²) in [5, 5.41) is 2.85. The fourth-order valence-electron chi connectivity index (χ4n) is 4.32. The van der Waals surface area contributed by atoms with Gasteiger partial charge in [0.2, 0.25) is 0 Å². The molecule has 3 heterocycles. The monoisotopic (exact) mass is 471 g/mol. The van der Waals surface area contributed by atoms with Crippen molar-refractivity contribution in [2.45, 2.75) is 6.92 Å². The van der Waals surface area contributed by atoms with Gasteiger partial charge in [-0.05, 0) is 48.2 Å². The molecule has 0 aliphatic carbocycles. The normalized spacial score (nSPS) is 13.8. The zero-order valence-corrected chi connectivity index (χ0v) is 20.0. The molecule has 1 fully saturated rings. The van der Waals surface area contributed by atoms with Gasteiger partial charge in [0.15, 0.2) is 0 Å². The Bertz CT molecular complexity index is 1360. The third-order valence-corrected chi connectivity index (χ3v) is 7.12. The van der Waals surface area contributed by atoms with Gasteiger partial charge in [-0.3, -0.25) is 9.59 Å². The molecule has 34 heavy (non-hydrogen) atoms. The van der Waals surface area contributed by atoms with Crippen LogP contribution in [0.3, 0.4) is 0 Å². The number of piperazine rings is 1. The SMILES string of the molecule is COc1cc(C(=O)N2CCN(C(=O)c3cc(-c4cccs4)nc4ccccc34)CC2)ccc1C. The highest BCUT2D eigenvalue weighted by Gasteiger charge is 2.27. The Morgan fingerprint density at radius 1 is 0.912 bits per heavy atom. The molecule has 2 aromatic heterocycles. The summed E-state index contributed by atoms with van der Waals surface area (Å²) in [7, 11) is 1.60. The predicted octanol–water partition coefficient (Wildman–Crippen LogP) is 4.88. The number of ether oxygens (including phenoxy) is 1. The molecule has 0 N–H and O–H groups in total. The van der Waals surface area contributed by atoms with E-state index in [-0.39, 0.29) is 11.8 Å². The van der Waals surface area contributed by atoms with Crippen LogP contribution in [-0.2, 0) is 0 Å². The molecule has 1 aliphatic heterocycles. The largest absolute Gasteiger partial charge is 0.496 e. The maximum absolute atomic E-state index is 13.6. The molecule has 1 aliphatic rings. The topological polar surface area (TPSA) is 62.7 Å². The summed E-state index contributed by atoms with van der Waals surface area (Å²) >= 11 is 1.60. The second kappa shape index (κ2) is 9.27. The summed E-state index contributed by atoms with van der Waals surface area (Å²) in [6.07, 6.45) is 0. The van der Waals surface area contributed by atoms with Crippen LogP contribution in [0.25, 0.3) is 21.5 Å². The summed E-state index contributed by atoms with van der Waals surface area (Å²) < 4.78 is 5.36. The molecule has 0 atom stereocenters. The van der Waals surface area contributed by atoms with Crippen molar-refractivity contribution in [1.29, 1.82) is 0 Å². The molecule has 4 aromatic rings. The van der Waals surface area contributed by atoms with Crippen molar-refractivity contribution < 1.29 is 14.3 Å². The van der Waals surface area contributed by atoms with Crippen molar-refractivity contribution in [3.63, 3.8) is 0 Å². The molecule has 0 unspecified atom stereocenters. The molecule has 0 radical (unpaired) electrons. The Balaban J connectivity index is 1.36. The van der Waals surface area contributed by atoms with E-state index in [9.17, 15) is 9.59 Å². The molecular formula is C27H25N3O3S. The number of rotatable bonds is 4. The quantitative estimate of drug-likeness (QED) is 0.426. The fraction of sp³-hybridized carbons (Fsp3) is 0.222. The van der Waals surface area contributed by atoms with Gasteiger partial charge < -0.3 is 14.5 Å². The first-order valence-corrected chi connectivity index (χ1v) is 12.1. The first kappa shape index (κ1) is 22.1. The van der Waals surface area contributed by atoms with E-state index < -0.39 is 0 Å². The van der Waals surface area contributed by atoms with Gasteiger partial charge in [0.05, 0.1) is 28.8 Å². The zero-order chi connectivity index (χ0) is 23.7.